The quantitative estimate of drug-likeness (QED) is 0.272. The third-order valence-corrected chi connectivity index (χ3v) is 14.3. The van der Waals surface area contributed by atoms with Crippen molar-refractivity contribution in [3.8, 4) is 0 Å². The lowest BCUT2D eigenvalue weighted by Gasteiger charge is -2.60. The molecule has 43 heavy (non-hydrogen) atoms. The highest BCUT2D eigenvalue weighted by Gasteiger charge is 2.59. The maximum absolute atomic E-state index is 5.21. The summed E-state index contributed by atoms with van der Waals surface area (Å²) in [5, 5.41) is 0. The van der Waals surface area contributed by atoms with E-state index in [1.54, 1.807) is 12.8 Å². The molecule has 0 radical (unpaired) electrons. The zero-order valence-corrected chi connectivity index (χ0v) is 28.9. The number of piperazine rings is 1. The van der Waals surface area contributed by atoms with Crippen LogP contribution in [0.4, 0.5) is 17.3 Å². The number of rotatable bonds is 10. The smallest absolute Gasteiger partial charge is 0.133 e. The van der Waals surface area contributed by atoms with Crippen LogP contribution in [0.5, 0.6) is 0 Å². The van der Waals surface area contributed by atoms with Crippen molar-refractivity contribution in [1.82, 2.24) is 9.88 Å². The van der Waals surface area contributed by atoms with Gasteiger partial charge >= 0.3 is 0 Å². The Hall–Kier alpha value is -1.49. The van der Waals surface area contributed by atoms with Crippen molar-refractivity contribution in [2.75, 3.05) is 73.6 Å². The summed E-state index contributed by atoms with van der Waals surface area (Å²) in [6, 6.07) is 4.66. The van der Waals surface area contributed by atoms with E-state index in [-0.39, 0.29) is 0 Å². The molecule has 0 N–H and O–H groups in total. The SMILES string of the molecule is CCN(CC)c1cc(N(CC)CC)nc(N2CCN(CC[C@H]3CC[C@H]4[C@@H]5CCC6CCCC[C@]6(C)[C@H]5CC[C@]34C)CC2)c1. The molecule has 5 nitrogen and oxygen atoms in total. The number of fused-ring (bicyclic) bond motifs is 5. The van der Waals surface area contributed by atoms with E-state index in [9.17, 15) is 0 Å². The summed E-state index contributed by atoms with van der Waals surface area (Å²) < 4.78 is 0. The lowest BCUT2D eigenvalue weighted by atomic mass is 9.45. The van der Waals surface area contributed by atoms with E-state index in [2.05, 4.69) is 73.3 Å². The van der Waals surface area contributed by atoms with Crippen molar-refractivity contribution < 1.29 is 0 Å². The summed E-state index contributed by atoms with van der Waals surface area (Å²) in [4.78, 5) is 15.4. The van der Waals surface area contributed by atoms with Gasteiger partial charge in [-0.15, -0.1) is 0 Å². The fourth-order valence-electron chi connectivity index (χ4n) is 11.5. The molecule has 242 valence electrons. The van der Waals surface area contributed by atoms with Crippen LogP contribution in [-0.2, 0) is 0 Å². The molecule has 1 saturated heterocycles. The summed E-state index contributed by atoms with van der Waals surface area (Å²) >= 11 is 0. The molecule has 6 rings (SSSR count). The first-order valence-electron chi connectivity index (χ1n) is 18.8. The fraction of sp³-hybridized carbons (Fsp3) is 0.868. The molecule has 4 saturated carbocycles. The maximum Gasteiger partial charge on any atom is 0.133 e. The first kappa shape index (κ1) is 31.5. The van der Waals surface area contributed by atoms with Crippen LogP contribution in [0, 0.1) is 40.4 Å². The largest absolute Gasteiger partial charge is 0.372 e. The van der Waals surface area contributed by atoms with E-state index in [1.165, 1.54) is 88.9 Å². The molecule has 0 amide bonds. The van der Waals surface area contributed by atoms with E-state index in [0.29, 0.717) is 10.8 Å². The standard InChI is InChI=1S/C38H65N5/c1-7-41(8-2)31-27-35(42(9-3)10-4)39-36(28-31)43-25-23-40(24-26-43)22-19-30-15-17-33-32-16-14-29-13-11-12-20-37(29,5)34(32)18-21-38(30,33)6/h27-30,32-34H,7-26H2,1-6H3/t29?,30-,32+,33+,34+,37+,38-/m1/s1. The minimum absolute atomic E-state index is 0.608. The van der Waals surface area contributed by atoms with Gasteiger partial charge in [-0.3, -0.25) is 4.90 Å². The van der Waals surface area contributed by atoms with Gasteiger partial charge in [-0.25, -0.2) is 4.98 Å². The summed E-state index contributed by atoms with van der Waals surface area (Å²) in [5.41, 5.74) is 2.60. The topological polar surface area (TPSA) is 25.9 Å². The van der Waals surface area contributed by atoms with Crippen LogP contribution in [0.3, 0.4) is 0 Å². The van der Waals surface area contributed by atoms with Gasteiger partial charge in [0.05, 0.1) is 0 Å². The van der Waals surface area contributed by atoms with E-state index >= 15 is 0 Å². The van der Waals surface area contributed by atoms with Gasteiger partial charge < -0.3 is 14.7 Å². The second kappa shape index (κ2) is 13.1. The number of nitrogens with zero attached hydrogens (tertiary/aromatic N) is 5. The van der Waals surface area contributed by atoms with Crippen molar-refractivity contribution in [3.63, 3.8) is 0 Å². The number of aromatic nitrogens is 1. The van der Waals surface area contributed by atoms with Crippen LogP contribution in [0.25, 0.3) is 0 Å². The Morgan fingerprint density at radius 3 is 2.19 bits per heavy atom. The second-order valence-electron chi connectivity index (χ2n) is 15.7. The maximum atomic E-state index is 5.21. The van der Waals surface area contributed by atoms with Gasteiger partial charge in [-0.1, -0.05) is 26.7 Å². The molecule has 1 aromatic rings. The van der Waals surface area contributed by atoms with Crippen LogP contribution in [-0.4, -0.2) is 68.8 Å². The Morgan fingerprint density at radius 2 is 1.47 bits per heavy atom. The monoisotopic (exact) mass is 592 g/mol. The molecule has 0 bridgehead atoms. The zero-order chi connectivity index (χ0) is 30.2. The number of pyridine rings is 1. The van der Waals surface area contributed by atoms with Crippen molar-refractivity contribution in [2.24, 2.45) is 40.4 Å². The van der Waals surface area contributed by atoms with Crippen LogP contribution < -0.4 is 14.7 Å². The van der Waals surface area contributed by atoms with Crippen LogP contribution >= 0.6 is 0 Å². The molecular formula is C38H65N5. The summed E-state index contributed by atoms with van der Waals surface area (Å²) in [6.45, 7) is 24.4. The van der Waals surface area contributed by atoms with Gasteiger partial charge in [0, 0.05) is 70.2 Å². The minimum Gasteiger partial charge on any atom is -0.372 e. The molecule has 1 aliphatic heterocycles. The molecule has 0 spiro atoms. The normalized spacial score (nSPS) is 36.1. The number of hydrogen-bond acceptors (Lipinski definition) is 5. The van der Waals surface area contributed by atoms with E-state index in [4.69, 9.17) is 4.98 Å². The molecule has 1 aromatic heterocycles. The molecular weight excluding hydrogens is 526 g/mol. The van der Waals surface area contributed by atoms with Gasteiger partial charge in [0.1, 0.15) is 11.6 Å². The molecule has 5 aliphatic rings. The lowest BCUT2D eigenvalue weighted by molar-refractivity contribution is -0.111. The van der Waals surface area contributed by atoms with E-state index in [0.717, 1.165) is 74.7 Å². The summed E-state index contributed by atoms with van der Waals surface area (Å²) in [5.74, 6) is 7.38. The predicted molar refractivity (Wildman–Crippen MR) is 184 cm³/mol. The van der Waals surface area contributed by atoms with Gasteiger partial charge in [0.2, 0.25) is 0 Å². The van der Waals surface area contributed by atoms with Crippen LogP contribution in [0.1, 0.15) is 112 Å². The minimum atomic E-state index is 0.608. The van der Waals surface area contributed by atoms with Gasteiger partial charge in [0.25, 0.3) is 0 Å². The molecule has 4 aliphatic carbocycles. The Labute approximate surface area is 265 Å². The first-order valence-corrected chi connectivity index (χ1v) is 18.8. The third-order valence-electron chi connectivity index (χ3n) is 14.3. The van der Waals surface area contributed by atoms with Gasteiger partial charge in [0.15, 0.2) is 0 Å². The van der Waals surface area contributed by atoms with Crippen molar-refractivity contribution in [1.29, 1.82) is 0 Å². The average molecular weight is 592 g/mol. The lowest BCUT2D eigenvalue weighted by Crippen LogP contribution is -2.53. The Kier molecular flexibility index (Phi) is 9.59. The fourth-order valence-corrected chi connectivity index (χ4v) is 11.5. The third kappa shape index (κ3) is 5.83. The van der Waals surface area contributed by atoms with Gasteiger partial charge in [-0.2, -0.15) is 0 Å². The Morgan fingerprint density at radius 1 is 0.744 bits per heavy atom. The van der Waals surface area contributed by atoms with Crippen LogP contribution in [0.15, 0.2) is 12.1 Å². The summed E-state index contributed by atoms with van der Waals surface area (Å²) in [6.07, 6.45) is 16.7. The molecule has 1 unspecified atom stereocenters. The van der Waals surface area contributed by atoms with Gasteiger partial charge in [-0.05, 0) is 132 Å². The molecule has 5 heteroatoms. The molecule has 2 heterocycles. The second-order valence-corrected chi connectivity index (χ2v) is 15.7. The summed E-state index contributed by atoms with van der Waals surface area (Å²) in [7, 11) is 0. The first-order chi connectivity index (χ1) is 20.8. The Balaban J connectivity index is 1.06. The van der Waals surface area contributed by atoms with Crippen LogP contribution in [0.2, 0.25) is 0 Å². The number of hydrogen-bond donors (Lipinski definition) is 0. The molecule has 7 atom stereocenters. The predicted octanol–water partition coefficient (Wildman–Crippen LogP) is 8.34. The van der Waals surface area contributed by atoms with Crippen molar-refractivity contribution in [3.05, 3.63) is 12.1 Å². The Bertz CT molecular complexity index is 1030. The molecule has 0 aromatic carbocycles. The average Bonchev–Trinajstić information content (AvgIpc) is 3.37. The zero-order valence-electron chi connectivity index (χ0n) is 28.9. The van der Waals surface area contributed by atoms with Crippen molar-refractivity contribution >= 4 is 17.3 Å². The van der Waals surface area contributed by atoms with E-state index < -0.39 is 0 Å². The number of anilines is 3. The highest BCUT2D eigenvalue weighted by Crippen LogP contribution is 2.67. The highest BCUT2D eigenvalue weighted by atomic mass is 15.3. The van der Waals surface area contributed by atoms with E-state index in [1.807, 2.05) is 0 Å². The van der Waals surface area contributed by atoms with Crippen molar-refractivity contribution in [2.45, 2.75) is 112 Å². The molecule has 5 fully saturated rings. The highest BCUT2D eigenvalue weighted by molar-refractivity contribution is 5.63.